The van der Waals surface area contributed by atoms with Gasteiger partial charge in [0.2, 0.25) is 21.8 Å². The van der Waals surface area contributed by atoms with E-state index in [1.54, 1.807) is 0 Å². The van der Waals surface area contributed by atoms with Crippen molar-refractivity contribution in [2.24, 2.45) is 0 Å². The number of carbonyl (C=O) groups is 3. The van der Waals surface area contributed by atoms with Crippen LogP contribution in [0.1, 0.15) is 19.8 Å². The third-order valence-corrected chi connectivity index (χ3v) is 4.10. The molecular weight excluding hydrogens is 252 g/mol. The lowest BCUT2D eigenvalue weighted by Gasteiger charge is -2.22. The number of hydrogen-bond acceptors (Lipinski definition) is 5. The number of nitrogens with one attached hydrogen (secondary N) is 2. The number of amides is 2. The monoisotopic (exact) mass is 264 g/mol. The zero-order chi connectivity index (χ0) is 13.2. The van der Waals surface area contributed by atoms with E-state index in [1.807, 2.05) is 10.0 Å². The van der Waals surface area contributed by atoms with E-state index in [-0.39, 0.29) is 12.8 Å². The van der Waals surface area contributed by atoms with Gasteiger partial charge in [-0.25, -0.2) is 13.1 Å². The van der Waals surface area contributed by atoms with E-state index in [9.17, 15) is 22.8 Å². The van der Waals surface area contributed by atoms with Crippen molar-refractivity contribution in [1.82, 2.24) is 10.0 Å². The van der Waals surface area contributed by atoms with Crippen molar-refractivity contribution >= 4 is 27.8 Å². The van der Waals surface area contributed by atoms with Crippen molar-refractivity contribution in [3.63, 3.8) is 0 Å². The number of sulfonamides is 1. The van der Waals surface area contributed by atoms with Crippen molar-refractivity contribution < 1.29 is 27.9 Å². The fraction of sp³-hybridized carbons (Fsp3) is 0.625. The second-order valence-corrected chi connectivity index (χ2v) is 5.68. The topological polar surface area (TPSA) is 130 Å². The minimum atomic E-state index is -4.13. The predicted octanol–water partition coefficient (Wildman–Crippen LogP) is -1.82. The SMILES string of the molecule is CC(C(=O)O)S(=O)(=O)NC1CCC(=O)NC1=O. The Morgan fingerprint density at radius 2 is 2.12 bits per heavy atom. The Balaban J connectivity index is 2.75. The minimum Gasteiger partial charge on any atom is -0.480 e. The highest BCUT2D eigenvalue weighted by Gasteiger charge is 2.34. The van der Waals surface area contributed by atoms with Crippen LogP contribution in [-0.4, -0.2) is 42.6 Å². The van der Waals surface area contributed by atoms with E-state index in [0.29, 0.717) is 0 Å². The van der Waals surface area contributed by atoms with Gasteiger partial charge in [0.15, 0.2) is 5.25 Å². The first kappa shape index (κ1) is 13.6. The third kappa shape index (κ3) is 3.24. The summed E-state index contributed by atoms with van der Waals surface area (Å²) in [6, 6.07) is -1.10. The number of imide groups is 1. The number of hydrogen-bond donors (Lipinski definition) is 3. The summed E-state index contributed by atoms with van der Waals surface area (Å²) in [7, 11) is -4.13. The number of carboxylic acids is 1. The van der Waals surface area contributed by atoms with Gasteiger partial charge in [0.1, 0.15) is 6.04 Å². The van der Waals surface area contributed by atoms with Gasteiger partial charge >= 0.3 is 5.97 Å². The summed E-state index contributed by atoms with van der Waals surface area (Å²) in [6.45, 7) is 0.997. The van der Waals surface area contributed by atoms with Gasteiger partial charge in [0.25, 0.3) is 0 Å². The zero-order valence-corrected chi connectivity index (χ0v) is 9.78. The number of piperidine rings is 1. The van der Waals surface area contributed by atoms with Crippen LogP contribution in [0.2, 0.25) is 0 Å². The molecule has 17 heavy (non-hydrogen) atoms. The van der Waals surface area contributed by atoms with Crippen LogP contribution in [0, 0.1) is 0 Å². The van der Waals surface area contributed by atoms with Gasteiger partial charge < -0.3 is 5.11 Å². The predicted molar refractivity (Wildman–Crippen MR) is 55.3 cm³/mol. The van der Waals surface area contributed by atoms with Crippen molar-refractivity contribution in [2.45, 2.75) is 31.1 Å². The second kappa shape index (κ2) is 4.80. The molecular formula is C8H12N2O6S. The molecule has 1 aliphatic heterocycles. The van der Waals surface area contributed by atoms with Crippen LogP contribution in [0.15, 0.2) is 0 Å². The van der Waals surface area contributed by atoms with Gasteiger partial charge in [0, 0.05) is 6.42 Å². The van der Waals surface area contributed by atoms with E-state index in [4.69, 9.17) is 5.11 Å². The molecule has 1 aliphatic rings. The molecule has 1 fully saturated rings. The van der Waals surface area contributed by atoms with E-state index in [0.717, 1.165) is 6.92 Å². The molecule has 96 valence electrons. The van der Waals surface area contributed by atoms with Crippen molar-refractivity contribution in [3.05, 3.63) is 0 Å². The molecule has 0 aromatic carbocycles. The van der Waals surface area contributed by atoms with Crippen LogP contribution in [0.3, 0.4) is 0 Å². The largest absolute Gasteiger partial charge is 0.480 e. The van der Waals surface area contributed by atoms with Crippen LogP contribution in [-0.2, 0) is 24.4 Å². The van der Waals surface area contributed by atoms with Gasteiger partial charge in [-0.1, -0.05) is 0 Å². The molecule has 0 radical (unpaired) electrons. The smallest absolute Gasteiger partial charge is 0.323 e. The molecule has 2 unspecified atom stereocenters. The van der Waals surface area contributed by atoms with E-state index in [1.165, 1.54) is 0 Å². The Labute approximate surface area is 97.4 Å². The van der Waals surface area contributed by atoms with Crippen LogP contribution in [0.4, 0.5) is 0 Å². The molecule has 1 saturated heterocycles. The average molecular weight is 264 g/mol. The highest BCUT2D eigenvalue weighted by molar-refractivity contribution is 7.90. The number of carboxylic acid groups (broad SMARTS) is 1. The molecule has 8 nitrogen and oxygen atoms in total. The van der Waals surface area contributed by atoms with Crippen molar-refractivity contribution in [3.8, 4) is 0 Å². The summed E-state index contributed by atoms with van der Waals surface area (Å²) < 4.78 is 25.0. The number of aliphatic carboxylic acids is 1. The standard InChI is InChI=1S/C8H12N2O6S/c1-4(8(13)14)17(15,16)10-5-2-3-6(11)9-7(5)12/h4-5,10H,2-3H2,1H3,(H,13,14)(H,9,11,12). The molecule has 9 heteroatoms. The number of rotatable bonds is 4. The second-order valence-electron chi connectivity index (χ2n) is 3.65. The summed E-state index contributed by atoms with van der Waals surface area (Å²) in [5.74, 6) is -2.75. The summed E-state index contributed by atoms with van der Waals surface area (Å²) in [6.07, 6.45) is 0.0383. The number of carbonyl (C=O) groups excluding carboxylic acids is 2. The lowest BCUT2D eigenvalue weighted by atomic mass is 10.1. The average Bonchev–Trinajstić information content (AvgIpc) is 2.21. The third-order valence-electron chi connectivity index (χ3n) is 2.36. The van der Waals surface area contributed by atoms with E-state index >= 15 is 0 Å². The van der Waals surface area contributed by atoms with Gasteiger partial charge in [-0.05, 0) is 13.3 Å². The summed E-state index contributed by atoms with van der Waals surface area (Å²) in [5.41, 5.74) is 0. The van der Waals surface area contributed by atoms with Gasteiger partial charge in [-0.3, -0.25) is 19.7 Å². The molecule has 0 aliphatic carbocycles. The minimum absolute atomic E-state index is 0.0143. The normalized spacial score (nSPS) is 23.0. The highest BCUT2D eigenvalue weighted by Crippen LogP contribution is 2.08. The molecule has 2 amide bonds. The Kier molecular flexibility index (Phi) is 3.83. The highest BCUT2D eigenvalue weighted by atomic mass is 32.2. The zero-order valence-electron chi connectivity index (χ0n) is 8.97. The summed E-state index contributed by atoms with van der Waals surface area (Å²) in [5, 5.41) is 8.89. The lowest BCUT2D eigenvalue weighted by Crippen LogP contribution is -2.54. The molecule has 0 spiro atoms. The first-order valence-electron chi connectivity index (χ1n) is 4.81. The maximum atomic E-state index is 11.5. The first-order valence-corrected chi connectivity index (χ1v) is 6.36. The molecule has 3 N–H and O–H groups in total. The fourth-order valence-corrected chi connectivity index (χ4v) is 2.33. The van der Waals surface area contributed by atoms with Gasteiger partial charge in [0.05, 0.1) is 0 Å². The van der Waals surface area contributed by atoms with Crippen LogP contribution >= 0.6 is 0 Å². The van der Waals surface area contributed by atoms with E-state index < -0.39 is 39.1 Å². The fourth-order valence-electron chi connectivity index (χ4n) is 1.24. The Bertz CT molecular complexity index is 457. The van der Waals surface area contributed by atoms with Crippen LogP contribution < -0.4 is 10.0 Å². The maximum Gasteiger partial charge on any atom is 0.323 e. The van der Waals surface area contributed by atoms with Crippen LogP contribution in [0.25, 0.3) is 0 Å². The molecule has 0 aromatic heterocycles. The van der Waals surface area contributed by atoms with Gasteiger partial charge in [-0.2, -0.15) is 0 Å². The Hall–Kier alpha value is -1.48. The Morgan fingerprint density at radius 1 is 1.53 bits per heavy atom. The van der Waals surface area contributed by atoms with Crippen molar-refractivity contribution in [1.29, 1.82) is 0 Å². The summed E-state index contributed by atoms with van der Waals surface area (Å²) >= 11 is 0. The molecule has 1 heterocycles. The summed E-state index contributed by atoms with van der Waals surface area (Å²) in [4.78, 5) is 32.6. The maximum absolute atomic E-state index is 11.5. The van der Waals surface area contributed by atoms with Crippen molar-refractivity contribution in [2.75, 3.05) is 0 Å². The molecule has 2 atom stereocenters. The molecule has 0 bridgehead atoms. The quantitative estimate of drug-likeness (QED) is 0.513. The molecule has 0 aromatic rings. The van der Waals surface area contributed by atoms with Gasteiger partial charge in [-0.15, -0.1) is 0 Å². The van der Waals surface area contributed by atoms with E-state index in [2.05, 4.69) is 0 Å². The molecule has 0 saturated carbocycles. The molecule has 1 rings (SSSR count). The van der Waals surface area contributed by atoms with Crippen LogP contribution in [0.5, 0.6) is 0 Å². The first-order chi connectivity index (χ1) is 7.74. The Morgan fingerprint density at radius 3 is 2.59 bits per heavy atom. The lowest BCUT2D eigenvalue weighted by molar-refractivity contribution is -0.137.